The highest BCUT2D eigenvalue weighted by atomic mass is 28.4. The van der Waals surface area contributed by atoms with Crippen LogP contribution >= 0.6 is 0 Å². The number of carbonyl (C=O) groups excluding carboxylic acids is 2. The topological polar surface area (TPSA) is 61.8 Å². The van der Waals surface area contributed by atoms with Crippen LogP contribution in [0.3, 0.4) is 0 Å². The van der Waals surface area contributed by atoms with Crippen molar-refractivity contribution in [3.63, 3.8) is 0 Å². The van der Waals surface area contributed by atoms with E-state index in [2.05, 4.69) is 39.3 Å². The Kier molecular flexibility index (Phi) is 11.8. The quantitative estimate of drug-likeness (QED) is 0.222. The second-order valence-corrected chi connectivity index (χ2v) is 17.2. The molecule has 0 aromatic carbocycles. The van der Waals surface area contributed by atoms with E-state index in [0.29, 0.717) is 0 Å². The van der Waals surface area contributed by atoms with Gasteiger partial charge in [0, 0.05) is 12.2 Å². The van der Waals surface area contributed by atoms with Gasteiger partial charge in [-0.1, -0.05) is 26.0 Å². The van der Waals surface area contributed by atoms with Crippen molar-refractivity contribution in [2.45, 2.75) is 90.0 Å². The lowest BCUT2D eigenvalue weighted by Crippen LogP contribution is -2.44. The molecule has 7 heteroatoms. The number of ether oxygens (including phenoxy) is 2. The van der Waals surface area contributed by atoms with E-state index in [1.807, 2.05) is 13.8 Å². The minimum Gasteiger partial charge on any atom is -0.460 e. The highest BCUT2D eigenvalue weighted by Crippen LogP contribution is 2.25. The Bertz CT molecular complexity index is 459. The monoisotopic (exact) mass is 414 g/mol. The van der Waals surface area contributed by atoms with Gasteiger partial charge in [0.15, 0.2) is 16.6 Å². The third-order valence-electron chi connectivity index (χ3n) is 4.30. The summed E-state index contributed by atoms with van der Waals surface area (Å²) in [4.78, 5) is 22.4. The van der Waals surface area contributed by atoms with E-state index >= 15 is 0 Å². The molecule has 5 nitrogen and oxygen atoms in total. The van der Waals surface area contributed by atoms with Gasteiger partial charge in [0.1, 0.15) is 0 Å². The fraction of sp³-hybridized carbons (Fsp3) is 0.700. The molecule has 0 fully saturated rings. The summed E-state index contributed by atoms with van der Waals surface area (Å²) in [6.07, 6.45) is 5.88. The molecular weight excluding hydrogens is 376 g/mol. The Morgan fingerprint density at radius 1 is 0.815 bits per heavy atom. The first-order valence-corrected chi connectivity index (χ1v) is 16.0. The zero-order chi connectivity index (χ0) is 21.1. The second-order valence-electron chi connectivity index (χ2n) is 8.31. The predicted molar refractivity (Wildman–Crippen MR) is 116 cm³/mol. The fourth-order valence-electron chi connectivity index (χ4n) is 3.09. The molecule has 0 aromatic rings. The van der Waals surface area contributed by atoms with Crippen molar-refractivity contribution in [2.75, 3.05) is 0 Å². The van der Waals surface area contributed by atoms with Crippen molar-refractivity contribution in [3.05, 3.63) is 25.3 Å². The van der Waals surface area contributed by atoms with Crippen LogP contribution in [0.4, 0.5) is 0 Å². The molecule has 0 aliphatic carbocycles. The van der Waals surface area contributed by atoms with Crippen LogP contribution in [0.25, 0.3) is 0 Å². The minimum absolute atomic E-state index is 0.0923. The summed E-state index contributed by atoms with van der Waals surface area (Å²) in [5.74, 6) is -0.728. The predicted octanol–water partition coefficient (Wildman–Crippen LogP) is 5.21. The molecular formula is C20H38O5Si2. The minimum atomic E-state index is -1.76. The molecule has 0 saturated carbocycles. The second kappa shape index (κ2) is 12.3. The van der Waals surface area contributed by atoms with Crippen molar-refractivity contribution in [1.82, 2.24) is 0 Å². The molecule has 0 N–H and O–H groups in total. The van der Waals surface area contributed by atoms with E-state index in [1.54, 1.807) is 0 Å². The Labute approximate surface area is 167 Å². The van der Waals surface area contributed by atoms with Crippen LogP contribution in [0.2, 0.25) is 38.3 Å². The first-order chi connectivity index (χ1) is 12.4. The zero-order valence-electron chi connectivity index (χ0n) is 18.0. The van der Waals surface area contributed by atoms with Crippen LogP contribution in [0, 0.1) is 0 Å². The molecule has 0 amide bonds. The Morgan fingerprint density at radius 3 is 1.44 bits per heavy atom. The van der Waals surface area contributed by atoms with Crippen LogP contribution < -0.4 is 0 Å². The molecule has 0 radical (unpaired) electrons. The number of hydrogen-bond donors (Lipinski definition) is 0. The normalized spacial score (nSPS) is 14.1. The highest BCUT2D eigenvalue weighted by molar-refractivity contribution is 6.84. The smallest absolute Gasteiger partial charge is 0.330 e. The van der Waals surface area contributed by atoms with Crippen LogP contribution in [0.15, 0.2) is 25.3 Å². The van der Waals surface area contributed by atoms with Gasteiger partial charge in [-0.05, 0) is 65.0 Å². The van der Waals surface area contributed by atoms with Gasteiger partial charge in [-0.15, -0.1) is 0 Å². The fourth-order valence-corrected chi connectivity index (χ4v) is 12.0. The van der Waals surface area contributed by atoms with Gasteiger partial charge in [0.05, 0.1) is 12.2 Å². The van der Waals surface area contributed by atoms with Crippen molar-refractivity contribution in [3.8, 4) is 0 Å². The third-order valence-corrected chi connectivity index (χ3v) is 11.8. The maximum absolute atomic E-state index is 11.2. The van der Waals surface area contributed by atoms with E-state index in [9.17, 15) is 9.59 Å². The van der Waals surface area contributed by atoms with Gasteiger partial charge in [0.25, 0.3) is 0 Å². The van der Waals surface area contributed by atoms with Crippen LogP contribution in [-0.4, -0.2) is 40.8 Å². The molecule has 0 rings (SSSR count). The molecule has 0 bridgehead atoms. The average Bonchev–Trinajstić information content (AvgIpc) is 2.52. The Hall–Kier alpha value is -1.19. The van der Waals surface area contributed by atoms with Crippen LogP contribution in [-0.2, 0) is 23.2 Å². The van der Waals surface area contributed by atoms with E-state index in [1.165, 1.54) is 12.2 Å². The van der Waals surface area contributed by atoms with E-state index < -0.39 is 16.6 Å². The summed E-state index contributed by atoms with van der Waals surface area (Å²) in [6.45, 7) is 19.7. The Balaban J connectivity index is 4.23. The van der Waals surface area contributed by atoms with Gasteiger partial charge >= 0.3 is 11.9 Å². The lowest BCUT2D eigenvalue weighted by Gasteiger charge is -2.34. The average molecular weight is 415 g/mol. The van der Waals surface area contributed by atoms with Crippen molar-refractivity contribution in [2.24, 2.45) is 0 Å². The summed E-state index contributed by atoms with van der Waals surface area (Å²) in [5.41, 5.74) is 0. The first-order valence-electron chi connectivity index (χ1n) is 9.77. The maximum atomic E-state index is 11.2. The van der Waals surface area contributed by atoms with Gasteiger partial charge in [-0.3, -0.25) is 0 Å². The van der Waals surface area contributed by atoms with Gasteiger partial charge in [-0.25, -0.2) is 9.59 Å². The number of carbonyl (C=O) groups is 2. The maximum Gasteiger partial charge on any atom is 0.330 e. The lowest BCUT2D eigenvalue weighted by atomic mass is 10.2. The molecule has 2 unspecified atom stereocenters. The SMILES string of the molecule is C=CC(=O)OC(C)CCC[Si](C)(C)O[Si](C)(C)CCCC(C)OC(=O)C=C. The zero-order valence-corrected chi connectivity index (χ0v) is 20.0. The van der Waals surface area contributed by atoms with E-state index in [0.717, 1.165) is 37.8 Å². The first kappa shape index (κ1) is 25.8. The van der Waals surface area contributed by atoms with Gasteiger partial charge in [0.2, 0.25) is 0 Å². The lowest BCUT2D eigenvalue weighted by molar-refractivity contribution is -0.143. The summed E-state index contributed by atoms with van der Waals surface area (Å²) >= 11 is 0. The molecule has 0 spiro atoms. The molecule has 0 aliphatic heterocycles. The van der Waals surface area contributed by atoms with Crippen LogP contribution in [0.1, 0.15) is 39.5 Å². The number of esters is 2. The molecule has 2 atom stereocenters. The number of rotatable bonds is 14. The molecule has 27 heavy (non-hydrogen) atoms. The third kappa shape index (κ3) is 13.6. The molecule has 0 heterocycles. The van der Waals surface area contributed by atoms with Crippen molar-refractivity contribution >= 4 is 28.6 Å². The van der Waals surface area contributed by atoms with E-state index in [4.69, 9.17) is 13.6 Å². The Morgan fingerprint density at radius 2 is 1.15 bits per heavy atom. The van der Waals surface area contributed by atoms with Gasteiger partial charge < -0.3 is 13.6 Å². The van der Waals surface area contributed by atoms with Crippen molar-refractivity contribution in [1.29, 1.82) is 0 Å². The number of hydrogen-bond acceptors (Lipinski definition) is 5. The molecule has 0 aliphatic rings. The standard InChI is InChI=1S/C20H38O5Si2/c1-9-19(21)23-17(3)13-11-15-26(5,6)25-27(7,8)16-12-14-18(4)24-20(22)10-2/h9-10,17-18H,1-2,11-16H2,3-8H3. The molecule has 0 aromatic heterocycles. The molecule has 156 valence electrons. The summed E-state index contributed by atoms with van der Waals surface area (Å²) in [6, 6.07) is 2.10. The van der Waals surface area contributed by atoms with E-state index in [-0.39, 0.29) is 24.1 Å². The molecule has 0 saturated heterocycles. The van der Waals surface area contributed by atoms with Crippen molar-refractivity contribution < 1.29 is 23.2 Å². The summed E-state index contributed by atoms with van der Waals surface area (Å²) in [5, 5.41) is 0. The largest absolute Gasteiger partial charge is 0.460 e. The van der Waals surface area contributed by atoms with Crippen LogP contribution in [0.5, 0.6) is 0 Å². The highest BCUT2D eigenvalue weighted by Gasteiger charge is 2.32. The summed E-state index contributed by atoms with van der Waals surface area (Å²) < 4.78 is 17.0. The van der Waals surface area contributed by atoms with Gasteiger partial charge in [-0.2, -0.15) is 0 Å². The summed E-state index contributed by atoms with van der Waals surface area (Å²) in [7, 11) is -3.52.